The van der Waals surface area contributed by atoms with Crippen molar-refractivity contribution in [1.29, 1.82) is 0 Å². The number of imidazole rings is 1. The lowest BCUT2D eigenvalue weighted by molar-refractivity contribution is -0.390. The highest BCUT2D eigenvalue weighted by Gasteiger charge is 2.23. The summed E-state index contributed by atoms with van der Waals surface area (Å²) in [5.74, 6) is -0.195. The maximum absolute atomic E-state index is 10.4. The van der Waals surface area contributed by atoms with Gasteiger partial charge in [0.15, 0.2) is 0 Å². The van der Waals surface area contributed by atoms with E-state index in [9.17, 15) is 10.1 Å². The largest absolute Gasteiger partial charge is 0.387 e. The normalized spacial score (nSPS) is 10.2. The molecule has 0 aliphatic carbocycles. The molecular formula is C5H5BrClN3O2. The molecule has 0 aliphatic rings. The molecule has 0 aromatic carbocycles. The van der Waals surface area contributed by atoms with E-state index in [1.54, 1.807) is 7.05 Å². The smallest absolute Gasteiger partial charge is 0.358 e. The molecule has 12 heavy (non-hydrogen) atoms. The van der Waals surface area contributed by atoms with Crippen molar-refractivity contribution in [2.75, 3.05) is 0 Å². The van der Waals surface area contributed by atoms with Crippen LogP contribution in [0.15, 0.2) is 0 Å². The summed E-state index contributed by atoms with van der Waals surface area (Å²) in [5.41, 5.74) is 0.463. The Hall–Kier alpha value is -0.620. The van der Waals surface area contributed by atoms with E-state index in [-0.39, 0.29) is 11.1 Å². The van der Waals surface area contributed by atoms with Crippen LogP contribution in [-0.4, -0.2) is 14.5 Å². The van der Waals surface area contributed by atoms with E-state index in [0.29, 0.717) is 11.0 Å². The van der Waals surface area contributed by atoms with Crippen LogP contribution in [0.5, 0.6) is 0 Å². The van der Waals surface area contributed by atoms with Crippen LogP contribution in [0.3, 0.4) is 0 Å². The molecule has 0 unspecified atom stereocenters. The Bertz CT molecular complexity index is 325. The quantitative estimate of drug-likeness (QED) is 0.460. The zero-order valence-corrected chi connectivity index (χ0v) is 8.46. The third kappa shape index (κ3) is 1.44. The summed E-state index contributed by atoms with van der Waals surface area (Å²) in [5, 5.41) is 10.9. The number of hydrogen-bond donors (Lipinski definition) is 0. The number of hydrogen-bond acceptors (Lipinski definition) is 3. The summed E-state index contributed by atoms with van der Waals surface area (Å²) >= 11 is 8.70. The van der Waals surface area contributed by atoms with Gasteiger partial charge in [-0.15, -0.1) is 0 Å². The molecule has 66 valence electrons. The molecule has 0 atom stereocenters. The minimum atomic E-state index is -0.553. The average molecular weight is 254 g/mol. The molecule has 7 heteroatoms. The van der Waals surface area contributed by atoms with Gasteiger partial charge >= 0.3 is 11.1 Å². The number of aromatic nitrogens is 2. The van der Waals surface area contributed by atoms with Gasteiger partial charge in [-0.05, 0) is 21.5 Å². The zero-order valence-electron chi connectivity index (χ0n) is 6.12. The Morgan fingerprint density at radius 2 is 2.42 bits per heavy atom. The van der Waals surface area contributed by atoms with Crippen LogP contribution in [0, 0.1) is 10.1 Å². The standard InChI is InChI=1S/C5H5BrClN3O2/c1-9-3(2-6)4(10(11)12)8-5(9)7/h2H2,1H3. The van der Waals surface area contributed by atoms with E-state index in [1.807, 2.05) is 0 Å². The fourth-order valence-electron chi connectivity index (χ4n) is 0.784. The maximum atomic E-state index is 10.4. The molecule has 1 heterocycles. The molecule has 0 bridgehead atoms. The van der Waals surface area contributed by atoms with Crippen molar-refractivity contribution in [2.24, 2.45) is 7.05 Å². The fourth-order valence-corrected chi connectivity index (χ4v) is 1.59. The molecule has 5 nitrogen and oxygen atoms in total. The van der Waals surface area contributed by atoms with Crippen molar-refractivity contribution >= 4 is 33.3 Å². The molecule has 0 saturated heterocycles. The summed E-state index contributed by atoms with van der Waals surface area (Å²) in [6.45, 7) is 0. The summed E-state index contributed by atoms with van der Waals surface area (Å²) in [7, 11) is 1.62. The lowest BCUT2D eigenvalue weighted by atomic mass is 10.5. The second-order valence-corrected chi connectivity index (χ2v) is 3.00. The van der Waals surface area contributed by atoms with Crippen molar-refractivity contribution in [2.45, 2.75) is 5.33 Å². The Labute approximate surface area is 81.6 Å². The fraction of sp³-hybridized carbons (Fsp3) is 0.400. The number of alkyl halides is 1. The molecule has 0 spiro atoms. The van der Waals surface area contributed by atoms with Crippen molar-refractivity contribution in [3.8, 4) is 0 Å². The highest BCUT2D eigenvalue weighted by atomic mass is 79.9. The van der Waals surface area contributed by atoms with Gasteiger partial charge < -0.3 is 10.1 Å². The van der Waals surface area contributed by atoms with Crippen LogP contribution in [0.2, 0.25) is 5.28 Å². The van der Waals surface area contributed by atoms with Gasteiger partial charge in [-0.3, -0.25) is 4.57 Å². The van der Waals surface area contributed by atoms with Crippen molar-refractivity contribution in [3.63, 3.8) is 0 Å². The molecule has 0 fully saturated rings. The molecule has 0 aliphatic heterocycles. The topological polar surface area (TPSA) is 61.0 Å². The van der Waals surface area contributed by atoms with E-state index >= 15 is 0 Å². The third-order valence-corrected chi connectivity index (χ3v) is 2.31. The second kappa shape index (κ2) is 3.40. The first-order valence-electron chi connectivity index (χ1n) is 2.99. The van der Waals surface area contributed by atoms with E-state index in [4.69, 9.17) is 11.6 Å². The summed E-state index contributed by atoms with van der Waals surface area (Å²) < 4.78 is 1.47. The van der Waals surface area contributed by atoms with Gasteiger partial charge in [-0.1, -0.05) is 15.9 Å². The molecule has 0 N–H and O–H groups in total. The molecular weight excluding hydrogens is 249 g/mol. The zero-order chi connectivity index (χ0) is 9.30. The van der Waals surface area contributed by atoms with Crippen molar-refractivity contribution < 1.29 is 4.92 Å². The highest BCUT2D eigenvalue weighted by molar-refractivity contribution is 9.08. The predicted molar refractivity (Wildman–Crippen MR) is 47.5 cm³/mol. The molecule has 1 aromatic heterocycles. The SMILES string of the molecule is Cn1c(Cl)nc([N+](=O)[O-])c1CBr. The van der Waals surface area contributed by atoms with Crippen molar-refractivity contribution in [3.05, 3.63) is 21.1 Å². The van der Waals surface area contributed by atoms with Gasteiger partial charge in [-0.2, -0.15) is 0 Å². The highest BCUT2D eigenvalue weighted by Crippen LogP contribution is 2.23. The van der Waals surface area contributed by atoms with E-state index in [2.05, 4.69) is 20.9 Å². The van der Waals surface area contributed by atoms with E-state index < -0.39 is 4.92 Å². The number of halogens is 2. The Kier molecular flexibility index (Phi) is 2.69. The molecule has 0 amide bonds. The first-order chi connectivity index (χ1) is 5.57. The summed E-state index contributed by atoms with van der Waals surface area (Å²) in [4.78, 5) is 13.4. The first kappa shape index (κ1) is 9.47. The predicted octanol–water partition coefficient (Wildman–Crippen LogP) is 1.88. The monoisotopic (exact) mass is 253 g/mol. The molecule has 0 radical (unpaired) electrons. The Balaban J connectivity index is 3.29. The minimum Gasteiger partial charge on any atom is -0.358 e. The van der Waals surface area contributed by atoms with Crippen LogP contribution in [0.1, 0.15) is 5.69 Å². The van der Waals surface area contributed by atoms with E-state index in [1.165, 1.54) is 4.57 Å². The second-order valence-electron chi connectivity index (χ2n) is 2.10. The molecule has 1 aromatic rings. The first-order valence-corrected chi connectivity index (χ1v) is 4.49. The molecule has 1 rings (SSSR count). The Morgan fingerprint density at radius 1 is 1.83 bits per heavy atom. The van der Waals surface area contributed by atoms with Gasteiger partial charge in [0.25, 0.3) is 0 Å². The number of rotatable bonds is 2. The van der Waals surface area contributed by atoms with Gasteiger partial charge in [0, 0.05) is 7.05 Å². The van der Waals surface area contributed by atoms with Gasteiger partial charge in [0.2, 0.25) is 0 Å². The van der Waals surface area contributed by atoms with E-state index in [0.717, 1.165) is 0 Å². The van der Waals surface area contributed by atoms with Gasteiger partial charge in [-0.25, -0.2) is 0 Å². The summed E-state index contributed by atoms with van der Waals surface area (Å²) in [6.07, 6.45) is 0. The van der Waals surface area contributed by atoms with Crippen molar-refractivity contribution in [1.82, 2.24) is 9.55 Å². The minimum absolute atomic E-state index is 0.121. The van der Waals surface area contributed by atoms with Crippen LogP contribution in [0.25, 0.3) is 0 Å². The van der Waals surface area contributed by atoms with Gasteiger partial charge in [0.1, 0.15) is 5.69 Å². The van der Waals surface area contributed by atoms with Crippen LogP contribution in [0.4, 0.5) is 5.82 Å². The Morgan fingerprint density at radius 3 is 2.75 bits per heavy atom. The maximum Gasteiger partial charge on any atom is 0.387 e. The molecule has 0 saturated carbocycles. The van der Waals surface area contributed by atoms with Crippen LogP contribution < -0.4 is 0 Å². The van der Waals surface area contributed by atoms with Crippen LogP contribution in [-0.2, 0) is 12.4 Å². The number of nitrogens with zero attached hydrogens (tertiary/aromatic N) is 3. The third-order valence-electron chi connectivity index (χ3n) is 1.44. The summed E-state index contributed by atoms with van der Waals surface area (Å²) in [6, 6.07) is 0. The lowest BCUT2D eigenvalue weighted by Crippen LogP contribution is -1.96. The van der Waals surface area contributed by atoms with Gasteiger partial charge in [0.05, 0.1) is 5.33 Å². The van der Waals surface area contributed by atoms with Crippen LogP contribution >= 0.6 is 27.5 Å². The average Bonchev–Trinajstić information content (AvgIpc) is 2.29. The number of nitro groups is 1. The lowest BCUT2D eigenvalue weighted by Gasteiger charge is -1.95.